The number of thioether (sulfide) groups is 1. The molecule has 2 nitrogen and oxygen atoms in total. The zero-order chi connectivity index (χ0) is 10.9. The first-order chi connectivity index (χ1) is 7.36. The van der Waals surface area contributed by atoms with E-state index in [0.717, 1.165) is 25.1 Å². The van der Waals surface area contributed by atoms with E-state index in [1.807, 2.05) is 23.9 Å². The maximum atomic E-state index is 5.43. The minimum Gasteiger partial charge on any atom is -0.497 e. The molecule has 0 bridgehead atoms. The van der Waals surface area contributed by atoms with Gasteiger partial charge in [-0.3, -0.25) is 0 Å². The van der Waals surface area contributed by atoms with Crippen LogP contribution in [0.4, 0.5) is 0 Å². The molecule has 0 aliphatic heterocycles. The zero-order valence-corrected chi connectivity index (χ0v) is 10.1. The van der Waals surface area contributed by atoms with Crippen molar-refractivity contribution in [3.05, 3.63) is 29.8 Å². The van der Waals surface area contributed by atoms with Crippen LogP contribution in [-0.4, -0.2) is 25.2 Å². The lowest BCUT2D eigenvalue weighted by atomic mass is 10.2. The van der Waals surface area contributed by atoms with E-state index >= 15 is 0 Å². The lowest BCUT2D eigenvalue weighted by Gasteiger charge is -2.03. The third-order valence-corrected chi connectivity index (χ3v) is 3.26. The first-order valence-electron chi connectivity index (χ1n) is 5.27. The molecule has 1 aromatic carbocycles. The van der Waals surface area contributed by atoms with E-state index in [1.54, 1.807) is 7.11 Å². The van der Waals surface area contributed by atoms with Gasteiger partial charge < -0.3 is 10.5 Å². The van der Waals surface area contributed by atoms with Gasteiger partial charge in [0.2, 0.25) is 0 Å². The number of aryl methyl sites for hydroxylation is 1. The normalized spacial score (nSPS) is 10.3. The van der Waals surface area contributed by atoms with Gasteiger partial charge in [-0.2, -0.15) is 11.8 Å². The van der Waals surface area contributed by atoms with Crippen molar-refractivity contribution >= 4 is 11.8 Å². The molecule has 0 saturated carbocycles. The van der Waals surface area contributed by atoms with Crippen LogP contribution in [0.2, 0.25) is 0 Å². The summed E-state index contributed by atoms with van der Waals surface area (Å²) in [5.41, 5.74) is 6.80. The molecule has 0 saturated heterocycles. The van der Waals surface area contributed by atoms with Gasteiger partial charge in [0, 0.05) is 0 Å². The Kier molecular flexibility index (Phi) is 6.28. The monoisotopic (exact) mass is 225 g/mol. The highest BCUT2D eigenvalue weighted by atomic mass is 32.2. The van der Waals surface area contributed by atoms with Crippen molar-refractivity contribution < 1.29 is 4.74 Å². The van der Waals surface area contributed by atoms with E-state index in [4.69, 9.17) is 10.5 Å². The number of hydrogen-bond acceptors (Lipinski definition) is 3. The van der Waals surface area contributed by atoms with Crippen LogP contribution in [0.25, 0.3) is 0 Å². The second kappa shape index (κ2) is 7.60. The van der Waals surface area contributed by atoms with Crippen molar-refractivity contribution in [1.82, 2.24) is 0 Å². The van der Waals surface area contributed by atoms with Gasteiger partial charge in [0.15, 0.2) is 0 Å². The van der Waals surface area contributed by atoms with Crippen molar-refractivity contribution in [2.24, 2.45) is 5.73 Å². The summed E-state index contributed by atoms with van der Waals surface area (Å²) in [7, 11) is 1.69. The van der Waals surface area contributed by atoms with E-state index in [0.29, 0.717) is 0 Å². The van der Waals surface area contributed by atoms with Crippen molar-refractivity contribution in [3.8, 4) is 5.75 Å². The third-order valence-electron chi connectivity index (χ3n) is 2.19. The predicted octanol–water partition coefficient (Wildman–Crippen LogP) is 2.32. The molecule has 0 atom stereocenters. The Morgan fingerprint density at radius 1 is 1.20 bits per heavy atom. The topological polar surface area (TPSA) is 35.2 Å². The zero-order valence-electron chi connectivity index (χ0n) is 9.24. The Labute approximate surface area is 96.2 Å². The maximum absolute atomic E-state index is 5.43. The van der Waals surface area contributed by atoms with Crippen molar-refractivity contribution in [2.45, 2.75) is 12.8 Å². The molecule has 0 radical (unpaired) electrons. The number of methoxy groups -OCH3 is 1. The molecule has 1 aromatic rings. The molecule has 0 fully saturated rings. The largest absolute Gasteiger partial charge is 0.497 e. The quantitative estimate of drug-likeness (QED) is 0.723. The Hall–Kier alpha value is -0.670. The molecule has 84 valence electrons. The lowest BCUT2D eigenvalue weighted by molar-refractivity contribution is 0.414. The van der Waals surface area contributed by atoms with Crippen molar-refractivity contribution in [3.63, 3.8) is 0 Å². The molecule has 15 heavy (non-hydrogen) atoms. The fourth-order valence-corrected chi connectivity index (χ4v) is 2.22. The average Bonchev–Trinajstić information content (AvgIpc) is 2.30. The number of benzene rings is 1. The molecule has 0 unspecified atom stereocenters. The van der Waals surface area contributed by atoms with Crippen molar-refractivity contribution in [2.75, 3.05) is 25.2 Å². The van der Waals surface area contributed by atoms with Crippen LogP contribution in [-0.2, 0) is 6.42 Å². The molecule has 1 rings (SSSR count). The molecule has 3 heteroatoms. The van der Waals surface area contributed by atoms with Gasteiger partial charge in [-0.1, -0.05) is 12.1 Å². The van der Waals surface area contributed by atoms with Crippen LogP contribution in [0.15, 0.2) is 24.3 Å². The maximum Gasteiger partial charge on any atom is 0.118 e. The molecule has 0 aliphatic rings. The molecule has 0 spiro atoms. The van der Waals surface area contributed by atoms with Crippen LogP contribution >= 0.6 is 11.8 Å². The summed E-state index contributed by atoms with van der Waals surface area (Å²) in [6.07, 6.45) is 2.24. The number of rotatable bonds is 7. The minimum atomic E-state index is 0.801. The second-order valence-corrected chi connectivity index (χ2v) is 4.58. The van der Waals surface area contributed by atoms with Gasteiger partial charge in [-0.05, 0) is 48.6 Å². The first-order valence-corrected chi connectivity index (χ1v) is 6.43. The summed E-state index contributed by atoms with van der Waals surface area (Å²) in [6, 6.07) is 8.28. The van der Waals surface area contributed by atoms with Crippen molar-refractivity contribution in [1.29, 1.82) is 0 Å². The molecule has 0 aromatic heterocycles. The van der Waals surface area contributed by atoms with Crippen LogP contribution in [0.5, 0.6) is 5.75 Å². The van der Waals surface area contributed by atoms with E-state index in [1.165, 1.54) is 17.1 Å². The number of ether oxygens (including phenoxy) is 1. The fraction of sp³-hybridized carbons (Fsp3) is 0.500. The molecular formula is C12H19NOS. The molecular weight excluding hydrogens is 206 g/mol. The van der Waals surface area contributed by atoms with Gasteiger partial charge in [-0.25, -0.2) is 0 Å². The first kappa shape index (κ1) is 12.4. The van der Waals surface area contributed by atoms with E-state index in [-0.39, 0.29) is 0 Å². The summed E-state index contributed by atoms with van der Waals surface area (Å²) >= 11 is 1.97. The van der Waals surface area contributed by atoms with E-state index < -0.39 is 0 Å². The SMILES string of the molecule is COc1ccc(CCSCCCN)cc1. The van der Waals surface area contributed by atoms with Crippen LogP contribution in [0.1, 0.15) is 12.0 Å². The summed E-state index contributed by atoms with van der Waals surface area (Å²) in [6.45, 7) is 0.801. The Morgan fingerprint density at radius 3 is 2.53 bits per heavy atom. The summed E-state index contributed by atoms with van der Waals surface area (Å²) in [5, 5.41) is 0. The number of hydrogen-bond donors (Lipinski definition) is 1. The van der Waals surface area contributed by atoms with E-state index in [9.17, 15) is 0 Å². The van der Waals surface area contributed by atoms with Crippen LogP contribution in [0, 0.1) is 0 Å². The average molecular weight is 225 g/mol. The highest BCUT2D eigenvalue weighted by molar-refractivity contribution is 7.99. The highest BCUT2D eigenvalue weighted by Gasteiger charge is 1.95. The minimum absolute atomic E-state index is 0.801. The lowest BCUT2D eigenvalue weighted by Crippen LogP contribution is -2.00. The smallest absolute Gasteiger partial charge is 0.118 e. The van der Waals surface area contributed by atoms with Gasteiger partial charge in [0.05, 0.1) is 7.11 Å². The summed E-state index contributed by atoms with van der Waals surface area (Å²) in [4.78, 5) is 0. The van der Waals surface area contributed by atoms with Gasteiger partial charge in [0.25, 0.3) is 0 Å². The Bertz CT molecular complexity index is 261. The van der Waals surface area contributed by atoms with Gasteiger partial charge >= 0.3 is 0 Å². The Balaban J connectivity index is 2.20. The third kappa shape index (κ3) is 5.09. The highest BCUT2D eigenvalue weighted by Crippen LogP contribution is 2.13. The standard InChI is InChI=1S/C12H19NOS/c1-14-12-5-3-11(4-6-12)7-10-15-9-2-8-13/h3-6H,2,7-10,13H2,1H3. The van der Waals surface area contributed by atoms with Crippen LogP contribution in [0.3, 0.4) is 0 Å². The van der Waals surface area contributed by atoms with Crippen LogP contribution < -0.4 is 10.5 Å². The molecule has 0 heterocycles. The summed E-state index contributed by atoms with van der Waals surface area (Å²) in [5.74, 6) is 3.27. The molecule has 0 aliphatic carbocycles. The fourth-order valence-electron chi connectivity index (χ4n) is 1.27. The molecule has 0 amide bonds. The van der Waals surface area contributed by atoms with Gasteiger partial charge in [-0.15, -0.1) is 0 Å². The van der Waals surface area contributed by atoms with Gasteiger partial charge in [0.1, 0.15) is 5.75 Å². The summed E-state index contributed by atoms with van der Waals surface area (Å²) < 4.78 is 5.11. The van der Waals surface area contributed by atoms with E-state index in [2.05, 4.69) is 12.1 Å². The second-order valence-electron chi connectivity index (χ2n) is 3.35. The molecule has 2 N–H and O–H groups in total. The Morgan fingerprint density at radius 2 is 1.93 bits per heavy atom. The number of nitrogens with two attached hydrogens (primary N) is 1. The predicted molar refractivity (Wildman–Crippen MR) is 67.7 cm³/mol.